The maximum atomic E-state index is 10.6. The Morgan fingerprint density at radius 2 is 2.33 bits per heavy atom. The van der Waals surface area contributed by atoms with Gasteiger partial charge in [-0.2, -0.15) is 0 Å². The third-order valence-electron chi connectivity index (χ3n) is 1.99. The minimum absolute atomic E-state index is 0.250. The van der Waals surface area contributed by atoms with Crippen molar-refractivity contribution in [3.63, 3.8) is 0 Å². The third kappa shape index (κ3) is 1.01. The largest absolute Gasteiger partial charge is 0.351 e. The van der Waals surface area contributed by atoms with Gasteiger partial charge in [0.25, 0.3) is 0 Å². The average Bonchev–Trinajstić information content (AvgIpc) is 2.34. The number of primary amides is 1. The first-order valence-electron chi connectivity index (χ1n) is 3.67. The number of likely N-dealkylation sites (tertiary alicyclic amines) is 1. The highest BCUT2D eigenvalue weighted by Crippen LogP contribution is 2.18. The van der Waals surface area contributed by atoms with E-state index in [0.29, 0.717) is 13.1 Å². The number of aromatic nitrogens is 3. The summed E-state index contributed by atoms with van der Waals surface area (Å²) >= 11 is 0. The number of nitrogens with two attached hydrogens (primary N) is 1. The summed E-state index contributed by atoms with van der Waals surface area (Å²) in [4.78, 5) is 12.2. The molecule has 0 radical (unpaired) electrons. The molecule has 0 bridgehead atoms. The first-order chi connectivity index (χ1) is 5.77. The predicted molar refractivity (Wildman–Crippen MR) is 40.2 cm³/mol. The second-order valence-corrected chi connectivity index (χ2v) is 2.78. The highest BCUT2D eigenvalue weighted by Gasteiger charge is 2.30. The standard InChI is InChI=1S/C6H9N5O/c7-6(12)10-3-5(4-10)11-2-1-8-9-11/h1-2,5H,3-4H2,(H2,7,12). The zero-order valence-corrected chi connectivity index (χ0v) is 6.42. The van der Waals surface area contributed by atoms with Gasteiger partial charge < -0.3 is 10.6 Å². The Balaban J connectivity index is 1.94. The maximum Gasteiger partial charge on any atom is 0.314 e. The van der Waals surface area contributed by atoms with Crippen LogP contribution in [0.25, 0.3) is 0 Å². The van der Waals surface area contributed by atoms with Gasteiger partial charge in [0.05, 0.1) is 12.2 Å². The maximum absolute atomic E-state index is 10.6. The number of hydrogen-bond donors (Lipinski definition) is 1. The lowest BCUT2D eigenvalue weighted by Crippen LogP contribution is -2.52. The third-order valence-corrected chi connectivity index (χ3v) is 1.99. The fourth-order valence-corrected chi connectivity index (χ4v) is 1.21. The van der Waals surface area contributed by atoms with Crippen molar-refractivity contribution in [1.29, 1.82) is 0 Å². The van der Waals surface area contributed by atoms with Gasteiger partial charge in [0.15, 0.2) is 0 Å². The zero-order valence-electron chi connectivity index (χ0n) is 6.42. The first-order valence-corrected chi connectivity index (χ1v) is 3.67. The molecular formula is C6H9N5O. The smallest absolute Gasteiger partial charge is 0.314 e. The lowest BCUT2D eigenvalue weighted by atomic mass is 10.1. The van der Waals surface area contributed by atoms with E-state index < -0.39 is 0 Å². The van der Waals surface area contributed by atoms with Crippen LogP contribution in [0.4, 0.5) is 4.79 Å². The zero-order chi connectivity index (χ0) is 8.55. The molecule has 64 valence electrons. The molecule has 1 fully saturated rings. The molecule has 0 unspecified atom stereocenters. The van der Waals surface area contributed by atoms with Crippen molar-refractivity contribution in [1.82, 2.24) is 19.9 Å². The second kappa shape index (κ2) is 2.47. The summed E-state index contributed by atoms with van der Waals surface area (Å²) in [7, 11) is 0. The quantitative estimate of drug-likeness (QED) is 0.595. The van der Waals surface area contributed by atoms with E-state index in [9.17, 15) is 4.79 Å². The topological polar surface area (TPSA) is 77.0 Å². The van der Waals surface area contributed by atoms with Crippen molar-refractivity contribution < 1.29 is 4.79 Å². The molecule has 0 spiro atoms. The normalized spacial score (nSPS) is 17.5. The van der Waals surface area contributed by atoms with Gasteiger partial charge in [-0.15, -0.1) is 5.10 Å². The number of nitrogens with zero attached hydrogens (tertiary/aromatic N) is 4. The van der Waals surface area contributed by atoms with Crippen LogP contribution in [0.15, 0.2) is 12.4 Å². The summed E-state index contributed by atoms with van der Waals surface area (Å²) < 4.78 is 1.74. The molecule has 1 saturated heterocycles. The van der Waals surface area contributed by atoms with Crippen LogP contribution in [-0.4, -0.2) is 39.0 Å². The van der Waals surface area contributed by atoms with Gasteiger partial charge in [-0.05, 0) is 0 Å². The number of carbonyl (C=O) groups is 1. The van der Waals surface area contributed by atoms with Crippen molar-refractivity contribution in [3.05, 3.63) is 12.4 Å². The van der Waals surface area contributed by atoms with E-state index in [-0.39, 0.29) is 12.1 Å². The van der Waals surface area contributed by atoms with Crippen LogP contribution >= 0.6 is 0 Å². The molecule has 1 aliphatic heterocycles. The summed E-state index contributed by atoms with van der Waals surface area (Å²) in [6.07, 6.45) is 3.40. The van der Waals surface area contributed by atoms with Crippen molar-refractivity contribution in [2.45, 2.75) is 6.04 Å². The minimum Gasteiger partial charge on any atom is -0.351 e. The van der Waals surface area contributed by atoms with E-state index in [1.54, 1.807) is 22.0 Å². The molecule has 1 aromatic heterocycles. The predicted octanol–water partition coefficient (Wildman–Crippen LogP) is -0.787. The van der Waals surface area contributed by atoms with Crippen LogP contribution in [0, 0.1) is 0 Å². The van der Waals surface area contributed by atoms with E-state index in [1.807, 2.05) is 0 Å². The Labute approximate surface area is 68.9 Å². The summed E-state index contributed by atoms with van der Waals surface area (Å²) in [5.41, 5.74) is 5.06. The van der Waals surface area contributed by atoms with Gasteiger partial charge in [0.1, 0.15) is 0 Å². The molecule has 1 aliphatic rings. The van der Waals surface area contributed by atoms with Crippen molar-refractivity contribution in [2.75, 3.05) is 13.1 Å². The Bertz CT molecular complexity index is 276. The molecule has 0 atom stereocenters. The Hall–Kier alpha value is -1.59. The van der Waals surface area contributed by atoms with Crippen molar-refractivity contribution in [2.24, 2.45) is 5.73 Å². The number of amides is 2. The number of carbonyl (C=O) groups excluding carboxylic acids is 1. The molecule has 6 nitrogen and oxygen atoms in total. The highest BCUT2D eigenvalue weighted by atomic mass is 16.2. The van der Waals surface area contributed by atoms with Crippen molar-refractivity contribution >= 4 is 6.03 Å². The molecule has 2 heterocycles. The summed E-state index contributed by atoms with van der Waals surface area (Å²) in [5, 5.41) is 7.49. The van der Waals surface area contributed by atoms with Gasteiger partial charge >= 0.3 is 6.03 Å². The van der Waals surface area contributed by atoms with Gasteiger partial charge in [-0.1, -0.05) is 5.21 Å². The van der Waals surface area contributed by atoms with E-state index >= 15 is 0 Å². The Morgan fingerprint density at radius 3 is 2.83 bits per heavy atom. The average molecular weight is 167 g/mol. The number of hydrogen-bond acceptors (Lipinski definition) is 3. The van der Waals surface area contributed by atoms with Crippen LogP contribution in [0.2, 0.25) is 0 Å². The van der Waals surface area contributed by atoms with E-state index in [4.69, 9.17) is 5.73 Å². The van der Waals surface area contributed by atoms with E-state index in [1.165, 1.54) is 0 Å². The van der Waals surface area contributed by atoms with Crippen LogP contribution < -0.4 is 5.73 Å². The molecule has 2 N–H and O–H groups in total. The van der Waals surface area contributed by atoms with Gasteiger partial charge in [0.2, 0.25) is 0 Å². The van der Waals surface area contributed by atoms with E-state index in [0.717, 1.165) is 0 Å². The molecule has 1 aromatic rings. The van der Waals surface area contributed by atoms with Crippen LogP contribution in [0.5, 0.6) is 0 Å². The molecule has 2 rings (SSSR count). The van der Waals surface area contributed by atoms with Crippen LogP contribution in [0.3, 0.4) is 0 Å². The Morgan fingerprint density at radius 1 is 1.58 bits per heavy atom. The second-order valence-electron chi connectivity index (χ2n) is 2.78. The number of rotatable bonds is 1. The summed E-state index contributed by atoms with van der Waals surface area (Å²) in [5.74, 6) is 0. The van der Waals surface area contributed by atoms with Gasteiger partial charge in [-0.25, -0.2) is 9.48 Å². The van der Waals surface area contributed by atoms with Crippen LogP contribution in [-0.2, 0) is 0 Å². The summed E-state index contributed by atoms with van der Waals surface area (Å²) in [6, 6.07) is -0.119. The number of urea groups is 1. The Kier molecular flexibility index (Phi) is 1.46. The molecule has 6 heteroatoms. The molecular weight excluding hydrogens is 158 g/mol. The minimum atomic E-state index is -0.369. The molecule has 2 amide bonds. The first kappa shape index (κ1) is 7.08. The summed E-state index contributed by atoms with van der Waals surface area (Å²) in [6.45, 7) is 1.28. The molecule has 12 heavy (non-hydrogen) atoms. The van der Waals surface area contributed by atoms with Crippen LogP contribution in [0.1, 0.15) is 6.04 Å². The molecule has 0 aromatic carbocycles. The highest BCUT2D eigenvalue weighted by molar-refractivity contribution is 5.72. The monoisotopic (exact) mass is 167 g/mol. The fourth-order valence-electron chi connectivity index (χ4n) is 1.21. The SMILES string of the molecule is NC(=O)N1CC(n2ccnn2)C1. The lowest BCUT2D eigenvalue weighted by molar-refractivity contribution is 0.124. The van der Waals surface area contributed by atoms with Gasteiger partial charge in [-0.3, -0.25) is 0 Å². The van der Waals surface area contributed by atoms with Crippen molar-refractivity contribution in [3.8, 4) is 0 Å². The van der Waals surface area contributed by atoms with Gasteiger partial charge in [0, 0.05) is 19.3 Å². The molecule has 0 aliphatic carbocycles. The lowest BCUT2D eigenvalue weighted by Gasteiger charge is -2.37. The van der Waals surface area contributed by atoms with E-state index in [2.05, 4.69) is 10.3 Å². The fraction of sp³-hybridized carbons (Fsp3) is 0.500. The molecule has 0 saturated carbocycles.